The lowest BCUT2D eigenvalue weighted by atomic mass is 10.2. The number of benzene rings is 1. The maximum atomic E-state index is 11.7. The van der Waals surface area contributed by atoms with Gasteiger partial charge in [0.2, 0.25) is 5.13 Å². The van der Waals surface area contributed by atoms with E-state index in [9.17, 15) is 4.79 Å². The maximum Gasteiger partial charge on any atom is 0.323 e. The number of anilines is 1. The first kappa shape index (κ1) is 16.3. The molecule has 0 bridgehead atoms. The number of amides is 2. The molecule has 8 heteroatoms. The number of nitrogens with zero attached hydrogens (tertiary/aromatic N) is 3. The monoisotopic (exact) mass is 386 g/mol. The maximum absolute atomic E-state index is 11.7. The molecule has 21 heavy (non-hydrogen) atoms. The predicted octanol–water partition coefficient (Wildman–Crippen LogP) is 3.76. The Labute approximate surface area is 140 Å². The summed E-state index contributed by atoms with van der Waals surface area (Å²) in [7, 11) is 1.69. The number of hydrogen-bond donors (Lipinski definition) is 1. The van der Waals surface area contributed by atoms with Crippen molar-refractivity contribution in [1.82, 2.24) is 15.5 Å². The van der Waals surface area contributed by atoms with E-state index in [-0.39, 0.29) is 6.03 Å². The summed E-state index contributed by atoms with van der Waals surface area (Å²) < 4.78 is 1.92. The van der Waals surface area contributed by atoms with Crippen molar-refractivity contribution < 1.29 is 4.79 Å². The van der Waals surface area contributed by atoms with E-state index in [1.807, 2.05) is 19.1 Å². The highest BCUT2D eigenvalue weighted by Gasteiger charge is 2.15. The first-order valence-electron chi connectivity index (χ1n) is 6.32. The molecule has 1 heterocycles. The van der Waals surface area contributed by atoms with Gasteiger partial charge in [0.25, 0.3) is 0 Å². The molecule has 0 saturated heterocycles. The smallest absolute Gasteiger partial charge is 0.323 e. The summed E-state index contributed by atoms with van der Waals surface area (Å²) in [6.07, 6.45) is 0. The van der Waals surface area contributed by atoms with E-state index in [1.165, 1.54) is 21.8 Å². The van der Waals surface area contributed by atoms with Crippen molar-refractivity contribution in [3.63, 3.8) is 0 Å². The molecule has 0 spiro atoms. The zero-order valence-electron chi connectivity index (χ0n) is 11.7. The topological polar surface area (TPSA) is 58.1 Å². The molecule has 0 aliphatic rings. The Morgan fingerprint density at radius 2 is 2.10 bits per heavy atom. The first-order chi connectivity index (χ1) is 10.1. The minimum Gasteiger partial charge on any atom is -0.338 e. The fourth-order valence-electron chi connectivity index (χ4n) is 1.48. The normalized spacial score (nSPS) is 10.4. The Balaban J connectivity index is 1.93. The fraction of sp³-hybridized carbons (Fsp3) is 0.308. The minimum atomic E-state index is -0.168. The van der Waals surface area contributed by atoms with Crippen molar-refractivity contribution in [1.29, 1.82) is 0 Å². The lowest BCUT2D eigenvalue weighted by molar-refractivity contribution is 0.248. The zero-order chi connectivity index (χ0) is 15.2. The van der Waals surface area contributed by atoms with Gasteiger partial charge in [-0.15, -0.1) is 10.2 Å². The molecule has 5 nitrogen and oxygen atoms in total. The minimum absolute atomic E-state index is 0.168. The van der Waals surface area contributed by atoms with E-state index in [2.05, 4.69) is 43.6 Å². The molecule has 1 N–H and O–H groups in total. The summed E-state index contributed by atoms with van der Waals surface area (Å²) in [5.74, 6) is 0.826. The fourth-order valence-corrected chi connectivity index (χ4v) is 3.50. The van der Waals surface area contributed by atoms with Gasteiger partial charge in [-0.1, -0.05) is 51.2 Å². The molecule has 0 aliphatic heterocycles. The molecule has 1 aromatic carbocycles. The van der Waals surface area contributed by atoms with Gasteiger partial charge in [-0.05, 0) is 24.6 Å². The molecule has 0 atom stereocenters. The number of halogens is 1. The summed E-state index contributed by atoms with van der Waals surface area (Å²) in [6.45, 7) is 2.47. The van der Waals surface area contributed by atoms with Crippen LogP contribution in [0.15, 0.2) is 33.1 Å². The Bertz CT molecular complexity index is 602. The van der Waals surface area contributed by atoms with Crippen LogP contribution in [0.5, 0.6) is 0 Å². The van der Waals surface area contributed by atoms with Gasteiger partial charge in [-0.2, -0.15) is 0 Å². The predicted molar refractivity (Wildman–Crippen MR) is 91.1 cm³/mol. The first-order valence-corrected chi connectivity index (χ1v) is 8.92. The van der Waals surface area contributed by atoms with Crippen LogP contribution in [0.1, 0.15) is 12.5 Å². The number of carbonyl (C=O) groups excluding carboxylic acids is 1. The van der Waals surface area contributed by atoms with Crippen LogP contribution in [0, 0.1) is 0 Å². The van der Waals surface area contributed by atoms with Crippen molar-refractivity contribution in [2.24, 2.45) is 0 Å². The van der Waals surface area contributed by atoms with Gasteiger partial charge in [-0.25, -0.2) is 4.79 Å². The average Bonchev–Trinajstić information content (AvgIpc) is 2.95. The summed E-state index contributed by atoms with van der Waals surface area (Å²) in [5.41, 5.74) is 1.22. The quantitative estimate of drug-likeness (QED) is 0.627. The summed E-state index contributed by atoms with van der Waals surface area (Å²) in [5, 5.41) is 11.5. The van der Waals surface area contributed by atoms with Crippen LogP contribution in [-0.4, -0.2) is 29.8 Å². The van der Waals surface area contributed by atoms with Crippen LogP contribution in [0.25, 0.3) is 0 Å². The van der Waals surface area contributed by atoms with E-state index >= 15 is 0 Å². The highest BCUT2D eigenvalue weighted by Crippen LogP contribution is 2.30. The molecule has 0 radical (unpaired) electrons. The van der Waals surface area contributed by atoms with Gasteiger partial charge in [0, 0.05) is 23.8 Å². The number of nitrogens with one attached hydrogen (secondary N) is 1. The van der Waals surface area contributed by atoms with Crippen LogP contribution in [0.3, 0.4) is 0 Å². The third-order valence-electron chi connectivity index (χ3n) is 2.59. The SMILES string of the molecule is CCNC(=O)N(C)c1nnc(SCc2ccc(Br)cc2)s1. The molecule has 0 fully saturated rings. The lowest BCUT2D eigenvalue weighted by Gasteiger charge is -2.12. The number of rotatable bonds is 5. The average molecular weight is 387 g/mol. The van der Waals surface area contributed by atoms with E-state index in [1.54, 1.807) is 18.8 Å². The Hall–Kier alpha value is -1.12. The number of carbonyl (C=O) groups is 1. The third-order valence-corrected chi connectivity index (χ3v) is 5.32. The molecule has 112 valence electrons. The second-order valence-electron chi connectivity index (χ2n) is 4.16. The number of aromatic nitrogens is 2. The van der Waals surface area contributed by atoms with Crippen LogP contribution in [0.2, 0.25) is 0 Å². The third kappa shape index (κ3) is 4.69. The molecular weight excluding hydrogens is 372 g/mol. The van der Waals surface area contributed by atoms with Crippen molar-refractivity contribution in [2.75, 3.05) is 18.5 Å². The highest BCUT2D eigenvalue weighted by atomic mass is 79.9. The standard InChI is InChI=1S/C13H15BrN4OS2/c1-3-15-11(19)18(2)12-16-17-13(21-12)20-8-9-4-6-10(14)7-5-9/h4-7H,3,8H2,1-2H3,(H,15,19). The summed E-state index contributed by atoms with van der Waals surface area (Å²) >= 11 is 6.44. The van der Waals surface area contributed by atoms with E-state index in [0.29, 0.717) is 11.7 Å². The Morgan fingerprint density at radius 1 is 1.38 bits per heavy atom. The molecule has 0 saturated carbocycles. The van der Waals surface area contributed by atoms with Gasteiger partial charge < -0.3 is 5.32 Å². The zero-order valence-corrected chi connectivity index (χ0v) is 14.9. The van der Waals surface area contributed by atoms with Gasteiger partial charge in [0.1, 0.15) is 0 Å². The summed E-state index contributed by atoms with van der Waals surface area (Å²) in [6, 6.07) is 8.01. The van der Waals surface area contributed by atoms with Crippen molar-refractivity contribution in [2.45, 2.75) is 17.0 Å². The Kier molecular flexibility index (Phi) is 6.01. The summed E-state index contributed by atoms with van der Waals surface area (Å²) in [4.78, 5) is 13.2. The van der Waals surface area contributed by atoms with Crippen molar-refractivity contribution in [3.05, 3.63) is 34.3 Å². The number of urea groups is 1. The van der Waals surface area contributed by atoms with Gasteiger partial charge >= 0.3 is 6.03 Å². The van der Waals surface area contributed by atoms with Crippen LogP contribution < -0.4 is 10.2 Å². The van der Waals surface area contributed by atoms with Crippen LogP contribution in [-0.2, 0) is 5.75 Å². The second-order valence-corrected chi connectivity index (χ2v) is 7.25. The molecule has 1 aromatic heterocycles. The molecule has 2 aromatic rings. The second kappa shape index (κ2) is 7.77. The molecule has 2 amide bonds. The molecule has 0 aliphatic carbocycles. The van der Waals surface area contributed by atoms with E-state index in [0.717, 1.165) is 14.6 Å². The molecule has 2 rings (SSSR count). The number of hydrogen-bond acceptors (Lipinski definition) is 5. The van der Waals surface area contributed by atoms with Crippen LogP contribution >= 0.6 is 39.0 Å². The van der Waals surface area contributed by atoms with Gasteiger partial charge in [-0.3, -0.25) is 4.90 Å². The van der Waals surface area contributed by atoms with Crippen molar-refractivity contribution in [3.8, 4) is 0 Å². The van der Waals surface area contributed by atoms with E-state index in [4.69, 9.17) is 0 Å². The highest BCUT2D eigenvalue weighted by molar-refractivity contribution is 9.10. The largest absolute Gasteiger partial charge is 0.338 e. The lowest BCUT2D eigenvalue weighted by Crippen LogP contribution is -2.36. The van der Waals surface area contributed by atoms with E-state index < -0.39 is 0 Å². The van der Waals surface area contributed by atoms with Gasteiger partial charge in [0.05, 0.1) is 0 Å². The molecule has 0 unspecified atom stereocenters. The Morgan fingerprint density at radius 3 is 2.76 bits per heavy atom. The van der Waals surface area contributed by atoms with Crippen molar-refractivity contribution >= 4 is 50.2 Å². The van der Waals surface area contributed by atoms with Crippen LogP contribution in [0.4, 0.5) is 9.93 Å². The number of thioether (sulfide) groups is 1. The van der Waals surface area contributed by atoms with Gasteiger partial charge in [0.15, 0.2) is 4.34 Å². The molecular formula is C13H15BrN4OS2.